The summed E-state index contributed by atoms with van der Waals surface area (Å²) in [6.45, 7) is 4.59. The maximum atomic E-state index is 10.5. The number of aliphatic hydroxyl groups is 1. The molecule has 0 aliphatic heterocycles. The van der Waals surface area contributed by atoms with Crippen LogP contribution in [0.3, 0.4) is 0 Å². The lowest BCUT2D eigenvalue weighted by Gasteiger charge is -2.35. The standard InChI is InChI=1S/C13H22N4O/c1-9-4-3-5-13(18,7-9)8-15-11-6-10(2)16-12(14)17-11/h6,9,18H,3-5,7-8H2,1-2H3,(H3,14,15,16,17). The Morgan fingerprint density at radius 2 is 2.33 bits per heavy atom. The third-order valence-corrected chi connectivity index (χ3v) is 3.54. The Bertz CT molecular complexity index is 403. The van der Waals surface area contributed by atoms with Gasteiger partial charge < -0.3 is 16.2 Å². The van der Waals surface area contributed by atoms with Crippen molar-refractivity contribution in [2.75, 3.05) is 17.6 Å². The summed E-state index contributed by atoms with van der Waals surface area (Å²) < 4.78 is 0. The molecule has 1 fully saturated rings. The van der Waals surface area contributed by atoms with Crippen LogP contribution < -0.4 is 11.1 Å². The van der Waals surface area contributed by atoms with Gasteiger partial charge >= 0.3 is 0 Å². The molecule has 1 saturated carbocycles. The number of nitrogens with zero attached hydrogens (tertiary/aromatic N) is 2. The number of hydrogen-bond acceptors (Lipinski definition) is 5. The third kappa shape index (κ3) is 3.32. The molecule has 0 radical (unpaired) electrons. The van der Waals surface area contributed by atoms with Gasteiger partial charge in [0.05, 0.1) is 5.60 Å². The van der Waals surface area contributed by atoms with Gasteiger partial charge in [0.25, 0.3) is 0 Å². The monoisotopic (exact) mass is 250 g/mol. The molecule has 1 aliphatic carbocycles. The van der Waals surface area contributed by atoms with Crippen molar-refractivity contribution in [2.24, 2.45) is 5.92 Å². The predicted octanol–water partition coefficient (Wildman–Crippen LogP) is 1.72. The average molecular weight is 250 g/mol. The van der Waals surface area contributed by atoms with Crippen LogP contribution in [0.1, 0.15) is 38.3 Å². The van der Waals surface area contributed by atoms with Crippen LogP contribution in [0.25, 0.3) is 0 Å². The molecule has 18 heavy (non-hydrogen) atoms. The van der Waals surface area contributed by atoms with Crippen molar-refractivity contribution in [1.82, 2.24) is 9.97 Å². The molecule has 0 amide bonds. The Kier molecular flexibility index (Phi) is 3.71. The second-order valence-electron chi connectivity index (χ2n) is 5.53. The fraction of sp³-hybridized carbons (Fsp3) is 0.692. The van der Waals surface area contributed by atoms with Crippen molar-refractivity contribution in [3.05, 3.63) is 11.8 Å². The summed E-state index contributed by atoms with van der Waals surface area (Å²) in [6, 6.07) is 1.84. The number of nitrogens with two attached hydrogens (primary N) is 1. The van der Waals surface area contributed by atoms with E-state index < -0.39 is 5.60 Å². The number of aromatic nitrogens is 2. The van der Waals surface area contributed by atoms with E-state index in [1.54, 1.807) is 0 Å². The molecule has 4 N–H and O–H groups in total. The smallest absolute Gasteiger partial charge is 0.222 e. The third-order valence-electron chi connectivity index (χ3n) is 3.54. The highest BCUT2D eigenvalue weighted by Gasteiger charge is 2.32. The Hall–Kier alpha value is -1.36. The van der Waals surface area contributed by atoms with Crippen LogP contribution in [0.15, 0.2) is 6.07 Å². The summed E-state index contributed by atoms with van der Waals surface area (Å²) in [6.07, 6.45) is 4.00. The van der Waals surface area contributed by atoms with Crippen LogP contribution in [-0.2, 0) is 0 Å². The quantitative estimate of drug-likeness (QED) is 0.760. The van der Waals surface area contributed by atoms with E-state index in [1.807, 2.05) is 13.0 Å². The van der Waals surface area contributed by atoms with Crippen molar-refractivity contribution in [3.63, 3.8) is 0 Å². The Morgan fingerprint density at radius 3 is 3.00 bits per heavy atom. The lowest BCUT2D eigenvalue weighted by molar-refractivity contribution is -0.000829. The average Bonchev–Trinajstić information content (AvgIpc) is 2.25. The maximum Gasteiger partial charge on any atom is 0.222 e. The number of aryl methyl sites for hydroxylation is 1. The van der Waals surface area contributed by atoms with E-state index in [0.717, 1.165) is 25.0 Å². The van der Waals surface area contributed by atoms with Crippen LogP contribution >= 0.6 is 0 Å². The molecule has 5 nitrogen and oxygen atoms in total. The maximum absolute atomic E-state index is 10.5. The van der Waals surface area contributed by atoms with Crippen molar-refractivity contribution in [1.29, 1.82) is 0 Å². The fourth-order valence-corrected chi connectivity index (χ4v) is 2.73. The number of rotatable bonds is 3. The molecule has 2 unspecified atom stereocenters. The van der Waals surface area contributed by atoms with Gasteiger partial charge in [-0.1, -0.05) is 19.8 Å². The zero-order valence-electron chi connectivity index (χ0n) is 11.1. The highest BCUT2D eigenvalue weighted by molar-refractivity contribution is 5.40. The minimum atomic E-state index is -0.620. The first kappa shape index (κ1) is 13.1. The first-order valence-corrected chi connectivity index (χ1v) is 6.54. The minimum Gasteiger partial charge on any atom is -0.388 e. The second kappa shape index (κ2) is 5.10. The summed E-state index contributed by atoms with van der Waals surface area (Å²) in [5.41, 5.74) is 5.81. The van der Waals surface area contributed by atoms with E-state index in [4.69, 9.17) is 5.73 Å². The molecular formula is C13H22N4O. The topological polar surface area (TPSA) is 84.1 Å². The van der Waals surface area contributed by atoms with Crippen LogP contribution in [0.4, 0.5) is 11.8 Å². The molecule has 2 atom stereocenters. The zero-order chi connectivity index (χ0) is 13.2. The molecule has 100 valence electrons. The van der Waals surface area contributed by atoms with Gasteiger partial charge in [-0.15, -0.1) is 0 Å². The highest BCUT2D eigenvalue weighted by Crippen LogP contribution is 2.32. The summed E-state index contributed by atoms with van der Waals surface area (Å²) in [7, 11) is 0. The van der Waals surface area contributed by atoms with E-state index in [9.17, 15) is 5.11 Å². The summed E-state index contributed by atoms with van der Waals surface area (Å²) in [5.74, 6) is 1.54. The van der Waals surface area contributed by atoms with Gasteiger partial charge in [0.2, 0.25) is 5.95 Å². The zero-order valence-corrected chi connectivity index (χ0v) is 11.1. The Morgan fingerprint density at radius 1 is 1.56 bits per heavy atom. The molecule has 2 rings (SSSR count). The fourth-order valence-electron chi connectivity index (χ4n) is 2.73. The summed E-state index contributed by atoms with van der Waals surface area (Å²) in [4.78, 5) is 8.14. The molecule has 5 heteroatoms. The van der Waals surface area contributed by atoms with Crippen LogP contribution in [0, 0.1) is 12.8 Å². The van der Waals surface area contributed by atoms with Crippen molar-refractivity contribution >= 4 is 11.8 Å². The van der Waals surface area contributed by atoms with E-state index in [-0.39, 0.29) is 5.95 Å². The Labute approximate surface area is 108 Å². The second-order valence-corrected chi connectivity index (χ2v) is 5.53. The van der Waals surface area contributed by atoms with E-state index in [0.29, 0.717) is 18.3 Å². The molecule has 1 aromatic rings. The van der Waals surface area contributed by atoms with Gasteiger partial charge in [-0.3, -0.25) is 0 Å². The Balaban J connectivity index is 1.98. The van der Waals surface area contributed by atoms with E-state index in [1.165, 1.54) is 6.42 Å². The van der Waals surface area contributed by atoms with Crippen LogP contribution in [0.2, 0.25) is 0 Å². The van der Waals surface area contributed by atoms with E-state index >= 15 is 0 Å². The van der Waals surface area contributed by atoms with Crippen LogP contribution in [-0.4, -0.2) is 27.2 Å². The number of nitrogens with one attached hydrogen (secondary N) is 1. The lowest BCUT2D eigenvalue weighted by Crippen LogP contribution is -2.41. The normalized spacial score (nSPS) is 28.1. The number of nitrogen functional groups attached to an aromatic ring is 1. The molecule has 0 spiro atoms. The van der Waals surface area contributed by atoms with Crippen molar-refractivity contribution < 1.29 is 5.11 Å². The number of hydrogen-bond donors (Lipinski definition) is 3. The van der Waals surface area contributed by atoms with Gasteiger partial charge in [-0.05, 0) is 25.7 Å². The summed E-state index contributed by atoms with van der Waals surface area (Å²) >= 11 is 0. The van der Waals surface area contributed by atoms with E-state index in [2.05, 4.69) is 22.2 Å². The first-order chi connectivity index (χ1) is 8.47. The van der Waals surface area contributed by atoms with Gasteiger partial charge in [-0.25, -0.2) is 4.98 Å². The predicted molar refractivity (Wildman–Crippen MR) is 72.3 cm³/mol. The minimum absolute atomic E-state index is 0.265. The molecule has 0 aromatic carbocycles. The molecule has 1 aromatic heterocycles. The van der Waals surface area contributed by atoms with Crippen molar-refractivity contribution in [2.45, 2.75) is 45.1 Å². The molecule has 0 bridgehead atoms. The van der Waals surface area contributed by atoms with Gasteiger partial charge in [0.1, 0.15) is 5.82 Å². The molecule has 1 heterocycles. The van der Waals surface area contributed by atoms with Gasteiger partial charge in [0, 0.05) is 18.3 Å². The SMILES string of the molecule is Cc1cc(NCC2(O)CCCC(C)C2)nc(N)n1. The van der Waals surface area contributed by atoms with Crippen molar-refractivity contribution in [3.8, 4) is 0 Å². The lowest BCUT2D eigenvalue weighted by atomic mass is 9.79. The number of anilines is 2. The highest BCUT2D eigenvalue weighted by atomic mass is 16.3. The molecule has 0 saturated heterocycles. The van der Waals surface area contributed by atoms with Gasteiger partial charge in [0.15, 0.2) is 0 Å². The van der Waals surface area contributed by atoms with Gasteiger partial charge in [-0.2, -0.15) is 4.98 Å². The molecular weight excluding hydrogens is 228 g/mol. The molecule has 1 aliphatic rings. The van der Waals surface area contributed by atoms with Crippen LogP contribution in [0.5, 0.6) is 0 Å². The first-order valence-electron chi connectivity index (χ1n) is 6.54. The largest absolute Gasteiger partial charge is 0.388 e. The summed E-state index contributed by atoms with van der Waals surface area (Å²) in [5, 5.41) is 13.7.